The number of alkyl halides is 1. The molecule has 20 nitrogen and oxygen atoms in total. The molecule has 4 aliphatic rings. The number of nitrogens with zero attached hydrogens (tertiary/aromatic N) is 12. The number of aromatic nitrogens is 5. The van der Waals surface area contributed by atoms with E-state index in [4.69, 9.17) is 19.8 Å². The van der Waals surface area contributed by atoms with Crippen molar-refractivity contribution >= 4 is 52.4 Å². The second kappa shape index (κ2) is 50.7. The molecule has 30 heteroatoms. The Labute approximate surface area is 710 Å². The lowest BCUT2D eigenvalue weighted by Gasteiger charge is -2.38. The summed E-state index contributed by atoms with van der Waals surface area (Å²) in [6.07, 6.45) is 14.0. The highest BCUT2D eigenvalue weighted by molar-refractivity contribution is 9.08. The Kier molecular flexibility index (Phi) is 46.0. The van der Waals surface area contributed by atoms with Crippen LogP contribution in [0.5, 0.6) is 0 Å². The van der Waals surface area contributed by atoms with Crippen molar-refractivity contribution in [2.45, 2.75) is 173 Å². The smallest absolute Gasteiger partial charge is 0.410 e. The third-order valence-corrected chi connectivity index (χ3v) is 19.2. The zero-order valence-corrected chi connectivity index (χ0v) is 65.6. The molecular weight excluding hydrogens is 1630 g/mol. The molecule has 4 fully saturated rings. The van der Waals surface area contributed by atoms with Gasteiger partial charge in [-0.3, -0.25) is 19.7 Å². The average molecular weight is 1740 g/mol. The monoisotopic (exact) mass is 1740 g/mol. The van der Waals surface area contributed by atoms with Crippen LogP contribution in [0.2, 0.25) is 0 Å². The summed E-state index contributed by atoms with van der Waals surface area (Å²) in [6.45, 7) is 15.2. The number of carbonyl (C=O) groups excluding carboxylic acids is 3. The molecule has 2 N–H and O–H groups in total. The number of nitriles is 4. The first-order valence-corrected chi connectivity index (χ1v) is 37.1. The number of amides is 3. The fourth-order valence-corrected chi connectivity index (χ4v) is 12.9. The van der Waals surface area contributed by atoms with Gasteiger partial charge in [0.05, 0.1) is 63.0 Å². The van der Waals surface area contributed by atoms with Crippen molar-refractivity contribution in [2.24, 2.45) is 22.2 Å². The molecular formula is C89H111BrClF8N13O7. The topological polar surface area (TPSA) is 288 Å². The van der Waals surface area contributed by atoms with Crippen LogP contribution in [0.25, 0.3) is 22.6 Å². The van der Waals surface area contributed by atoms with E-state index in [-0.39, 0.29) is 93.3 Å². The van der Waals surface area contributed by atoms with E-state index in [1.807, 2.05) is 20.8 Å². The largest absolute Gasteiger partial charge is 0.478 e. The molecule has 8 aromatic rings. The summed E-state index contributed by atoms with van der Waals surface area (Å²) >= 11 is 3.07. The first kappa shape index (κ1) is 108. The minimum Gasteiger partial charge on any atom is -0.478 e. The molecule has 4 aromatic carbocycles. The Balaban J connectivity index is 0.00000143. The molecule has 644 valence electrons. The number of nitrogens with one attached hydrogen (secondary N) is 1. The quantitative estimate of drug-likeness (QED) is 0.0898. The van der Waals surface area contributed by atoms with Crippen molar-refractivity contribution in [1.29, 1.82) is 21.0 Å². The Morgan fingerprint density at radius 3 is 1.22 bits per heavy atom. The second-order valence-electron chi connectivity index (χ2n) is 29.1. The van der Waals surface area contributed by atoms with Gasteiger partial charge in [-0.05, 0) is 214 Å². The molecule has 0 bridgehead atoms. The SMILES string of the molecule is C.C.C.C.C.C.CC(C)(C)OC(=O)N1CCC(C#N)(Cc2ccc(F)cc2F)CC1.CC(C)(C)OC(=O)N1CCC(C#N)CC1.Cl.Fc1ccc(CBr)c(F)c1.N#CC1(Cc2ccc(F)cc2F)CCN(C(=O)c2cccnc2-c2ccncn2)CC1.N#CC1(Cc2ccc(F)cc2F)CCNCC1.O=C(O)c1cccnc1-c1ccncc1. The number of pyridine rings is 3. The fraction of sp³-hybridized carbons (Fsp3) is 0.427. The molecule has 0 radical (unpaired) electrons. The zero-order chi connectivity index (χ0) is 81.8. The lowest BCUT2D eigenvalue weighted by molar-refractivity contribution is 0.0145. The van der Waals surface area contributed by atoms with Gasteiger partial charge in [-0.25, -0.2) is 59.5 Å². The van der Waals surface area contributed by atoms with Gasteiger partial charge in [0.25, 0.3) is 5.91 Å². The lowest BCUT2D eigenvalue weighted by Crippen LogP contribution is -2.45. The number of benzene rings is 4. The first-order chi connectivity index (χ1) is 53.2. The summed E-state index contributed by atoms with van der Waals surface area (Å²) in [5, 5.41) is 49.9. The molecule has 4 saturated heterocycles. The predicted molar refractivity (Wildman–Crippen MR) is 451 cm³/mol. The molecule has 12 rings (SSSR count). The maximum absolute atomic E-state index is 14.1. The Morgan fingerprint density at radius 1 is 0.487 bits per heavy atom. The molecule has 4 aliphatic heterocycles. The number of hydrogen-bond acceptors (Lipinski definition) is 16. The Morgan fingerprint density at radius 2 is 0.857 bits per heavy atom. The van der Waals surface area contributed by atoms with Crippen LogP contribution in [-0.4, -0.2) is 132 Å². The Hall–Kier alpha value is -11.0. The number of aromatic carboxylic acids is 1. The van der Waals surface area contributed by atoms with E-state index in [0.717, 1.165) is 55.8 Å². The van der Waals surface area contributed by atoms with Crippen LogP contribution >= 0.6 is 28.3 Å². The fourth-order valence-electron chi connectivity index (χ4n) is 12.4. The molecule has 3 amide bonds. The minimum absolute atomic E-state index is 0. The summed E-state index contributed by atoms with van der Waals surface area (Å²) in [5.41, 5.74) is 1.31. The molecule has 0 aliphatic carbocycles. The van der Waals surface area contributed by atoms with Gasteiger partial charge < -0.3 is 34.6 Å². The van der Waals surface area contributed by atoms with Crippen molar-refractivity contribution in [3.63, 3.8) is 0 Å². The van der Waals surface area contributed by atoms with E-state index in [9.17, 15) is 70.1 Å². The molecule has 8 heterocycles. The lowest BCUT2D eigenvalue weighted by atomic mass is 9.75. The van der Waals surface area contributed by atoms with Gasteiger partial charge in [0.1, 0.15) is 69.8 Å². The van der Waals surface area contributed by atoms with E-state index in [1.165, 1.54) is 60.9 Å². The first-order valence-electron chi connectivity index (χ1n) is 36.0. The van der Waals surface area contributed by atoms with E-state index in [1.54, 1.807) is 103 Å². The van der Waals surface area contributed by atoms with Crippen molar-refractivity contribution in [1.82, 2.24) is 44.9 Å². The van der Waals surface area contributed by atoms with Gasteiger partial charge in [0, 0.05) is 111 Å². The predicted octanol–water partition coefficient (Wildman–Crippen LogP) is 21.4. The number of carboxylic acid groups (broad SMARTS) is 1. The molecule has 0 spiro atoms. The summed E-state index contributed by atoms with van der Waals surface area (Å²) in [4.78, 5) is 73.1. The zero-order valence-electron chi connectivity index (χ0n) is 63.2. The third kappa shape index (κ3) is 33.0. The highest BCUT2D eigenvalue weighted by atomic mass is 79.9. The number of piperidine rings is 4. The van der Waals surface area contributed by atoms with Gasteiger partial charge >= 0.3 is 18.2 Å². The number of ether oxygens (including phenoxy) is 2. The highest BCUT2D eigenvalue weighted by Gasteiger charge is 2.40. The Bertz CT molecular complexity index is 4680. The van der Waals surface area contributed by atoms with Crippen LogP contribution < -0.4 is 5.32 Å². The van der Waals surface area contributed by atoms with Crippen LogP contribution in [0.15, 0.2) is 153 Å². The minimum atomic E-state index is -0.977. The number of rotatable bonds is 11. The maximum atomic E-state index is 14.1. The number of halogens is 10. The average Bonchev–Trinajstić information content (AvgIpc) is 0.798. The summed E-state index contributed by atoms with van der Waals surface area (Å²) in [7, 11) is 0. The molecule has 0 unspecified atom stereocenters. The summed E-state index contributed by atoms with van der Waals surface area (Å²) in [6, 6.07) is 34.7. The number of carbonyl (C=O) groups is 4. The van der Waals surface area contributed by atoms with E-state index < -0.39 is 86.0 Å². The molecule has 4 aromatic heterocycles. The van der Waals surface area contributed by atoms with Gasteiger partial charge in [0.15, 0.2) is 0 Å². The van der Waals surface area contributed by atoms with Crippen LogP contribution in [0, 0.1) is 114 Å². The van der Waals surface area contributed by atoms with Crippen molar-refractivity contribution < 1.29 is 68.9 Å². The van der Waals surface area contributed by atoms with Crippen molar-refractivity contribution in [2.75, 3.05) is 52.4 Å². The summed E-state index contributed by atoms with van der Waals surface area (Å²) < 4.78 is 116. The number of carboxylic acids is 1. The van der Waals surface area contributed by atoms with Crippen molar-refractivity contribution in [3.05, 3.63) is 232 Å². The van der Waals surface area contributed by atoms with Crippen LogP contribution in [-0.2, 0) is 34.1 Å². The molecule has 0 atom stereocenters. The van der Waals surface area contributed by atoms with E-state index >= 15 is 0 Å². The summed E-state index contributed by atoms with van der Waals surface area (Å²) in [5.74, 6) is -5.83. The van der Waals surface area contributed by atoms with Crippen LogP contribution in [0.4, 0.5) is 44.7 Å². The van der Waals surface area contributed by atoms with Gasteiger partial charge in [-0.1, -0.05) is 84.8 Å². The van der Waals surface area contributed by atoms with Gasteiger partial charge in [-0.2, -0.15) is 21.0 Å². The second-order valence-corrected chi connectivity index (χ2v) is 29.7. The van der Waals surface area contributed by atoms with Crippen LogP contribution in [0.3, 0.4) is 0 Å². The maximum Gasteiger partial charge on any atom is 0.410 e. The standard InChI is InChI=1S/C23H19F2N5O.C18H22F2N2O2.C13H14F2N2.C11H8N2O2.C11H18N2O2.C7H5BrF2.6CH4.ClH/c24-17-4-3-16(19(25)12-17)13-23(14-26)6-10-30(11-7-23)22(31)18-2-1-8-28-21(18)20-5-9-27-15-29-20;1-17(2,3)24-16(23)22-8-6-18(12-21,7-9-22)11-13-4-5-14(19)10-15(13)20;14-11-2-1-10(12(15)7-11)8-13(9-16)3-5-17-6-4-13;14-11(15)9-2-1-5-13-10(9)8-3-6-12-7-4-8;1-11(2,3)15-10(14)13-6-4-9(8-12)5-7-13;8-4-5-1-2-6(9)3-7(5)10;;;;;;;/h1-5,8-9,12,15H,6-7,10-11,13H2;4-5,10H,6-9,11H2,1-3H3;1-2,7,17H,3-6,8H2;1-7H,(H,14,15);9H,4-7H2,1-3H3;1-3H,4H2;6*1H4;1H. The normalized spacial score (nSPS) is 14.5. The highest BCUT2D eigenvalue weighted by Crippen LogP contribution is 2.39. The number of likely N-dealkylation sites (tertiary alicyclic amines) is 3. The van der Waals surface area contributed by atoms with E-state index in [0.29, 0.717) is 134 Å². The van der Waals surface area contributed by atoms with Gasteiger partial charge in [0.2, 0.25) is 0 Å². The molecule has 0 saturated carbocycles. The third-order valence-electron chi connectivity index (χ3n) is 18.6. The number of hydrogen-bond donors (Lipinski definition) is 2. The van der Waals surface area contributed by atoms with Gasteiger partial charge in [-0.15, -0.1) is 12.4 Å². The van der Waals surface area contributed by atoms with Crippen molar-refractivity contribution in [3.8, 4) is 46.9 Å². The van der Waals surface area contributed by atoms with Crippen LogP contribution in [0.1, 0.15) is 180 Å². The molecule has 119 heavy (non-hydrogen) atoms. The van der Waals surface area contributed by atoms with E-state index in [2.05, 4.69) is 70.4 Å².